The van der Waals surface area contributed by atoms with Crippen LogP contribution in [0.2, 0.25) is 0 Å². The number of carbonyl (C=O) groups excluding carboxylic acids is 1. The summed E-state index contributed by atoms with van der Waals surface area (Å²) in [4.78, 5) is 21.3. The van der Waals surface area contributed by atoms with Gasteiger partial charge in [0.2, 0.25) is 0 Å². The Morgan fingerprint density at radius 1 is 1.19 bits per heavy atom. The van der Waals surface area contributed by atoms with Crippen LogP contribution >= 0.6 is 11.3 Å². The standard InChI is InChI=1S/C24H24N4O2S/c1-30-19-3-2-16-12-18(13-17(16)14-19)22-4-5-23(31-22)24(29)27-20-15-26-7-6-21(20)28-10-8-25-9-11-28/h2-7,13-15,25H,8-12H2,1H3,(H,27,29). The zero-order valence-electron chi connectivity index (χ0n) is 17.4. The molecule has 3 aromatic rings. The molecule has 0 unspecified atom stereocenters. The van der Waals surface area contributed by atoms with Gasteiger partial charge >= 0.3 is 0 Å². The number of thiophene rings is 1. The first-order valence-corrected chi connectivity index (χ1v) is 11.2. The molecule has 0 bridgehead atoms. The van der Waals surface area contributed by atoms with Crippen molar-refractivity contribution in [3.05, 3.63) is 69.7 Å². The average molecular weight is 433 g/mol. The van der Waals surface area contributed by atoms with Gasteiger partial charge in [-0.15, -0.1) is 11.3 Å². The lowest BCUT2D eigenvalue weighted by atomic mass is 10.1. The van der Waals surface area contributed by atoms with Gasteiger partial charge in [-0.2, -0.15) is 0 Å². The highest BCUT2D eigenvalue weighted by Crippen LogP contribution is 2.36. The first-order chi connectivity index (χ1) is 15.2. The van der Waals surface area contributed by atoms with Crippen LogP contribution in [0.25, 0.3) is 11.6 Å². The van der Waals surface area contributed by atoms with E-state index in [4.69, 9.17) is 4.74 Å². The molecular formula is C24H24N4O2S. The van der Waals surface area contributed by atoms with Crippen molar-refractivity contribution in [1.82, 2.24) is 10.3 Å². The minimum absolute atomic E-state index is 0.0987. The molecule has 0 radical (unpaired) electrons. The first kappa shape index (κ1) is 19.8. The number of fused-ring (bicyclic) bond motifs is 1. The number of anilines is 2. The maximum absolute atomic E-state index is 13.0. The van der Waals surface area contributed by atoms with Crippen LogP contribution in [-0.2, 0) is 6.42 Å². The number of methoxy groups -OCH3 is 1. The number of pyridine rings is 1. The summed E-state index contributed by atoms with van der Waals surface area (Å²) >= 11 is 1.52. The molecule has 3 heterocycles. The molecule has 7 heteroatoms. The minimum atomic E-state index is -0.0987. The van der Waals surface area contributed by atoms with Crippen LogP contribution < -0.4 is 20.3 Å². The van der Waals surface area contributed by atoms with E-state index < -0.39 is 0 Å². The number of rotatable bonds is 5. The van der Waals surface area contributed by atoms with Crippen molar-refractivity contribution < 1.29 is 9.53 Å². The minimum Gasteiger partial charge on any atom is -0.497 e. The highest BCUT2D eigenvalue weighted by Gasteiger charge is 2.20. The molecule has 1 fully saturated rings. The van der Waals surface area contributed by atoms with Crippen LogP contribution in [0.15, 0.2) is 48.8 Å². The van der Waals surface area contributed by atoms with Crippen LogP contribution in [0.3, 0.4) is 0 Å². The second-order valence-electron chi connectivity index (χ2n) is 7.66. The van der Waals surface area contributed by atoms with Crippen molar-refractivity contribution in [3.63, 3.8) is 0 Å². The van der Waals surface area contributed by atoms with Crippen molar-refractivity contribution >= 4 is 40.3 Å². The second kappa shape index (κ2) is 8.53. The number of amides is 1. The largest absolute Gasteiger partial charge is 0.497 e. The maximum atomic E-state index is 13.0. The number of nitrogens with one attached hydrogen (secondary N) is 2. The molecule has 158 valence electrons. The van der Waals surface area contributed by atoms with Gasteiger partial charge in [0.1, 0.15) is 5.75 Å². The molecule has 1 aliphatic heterocycles. The molecule has 2 aliphatic rings. The summed E-state index contributed by atoms with van der Waals surface area (Å²) in [6.07, 6.45) is 6.56. The van der Waals surface area contributed by atoms with Crippen LogP contribution in [0.4, 0.5) is 11.4 Å². The third-order valence-corrected chi connectivity index (χ3v) is 6.87. The molecule has 0 spiro atoms. The summed E-state index contributed by atoms with van der Waals surface area (Å²) in [5, 5.41) is 6.43. The molecule has 31 heavy (non-hydrogen) atoms. The first-order valence-electron chi connectivity index (χ1n) is 10.4. The average Bonchev–Trinajstić information content (AvgIpc) is 3.47. The SMILES string of the molecule is COc1ccc2c(c1)C=C(c1ccc(C(=O)Nc3cnccc3N3CCNCC3)s1)C2. The van der Waals surface area contributed by atoms with Gasteiger partial charge in [-0.3, -0.25) is 9.78 Å². The lowest BCUT2D eigenvalue weighted by Crippen LogP contribution is -2.43. The summed E-state index contributed by atoms with van der Waals surface area (Å²) in [7, 11) is 1.68. The van der Waals surface area contributed by atoms with Crippen LogP contribution in [0, 0.1) is 0 Å². The number of aromatic nitrogens is 1. The molecule has 1 amide bonds. The van der Waals surface area contributed by atoms with E-state index in [9.17, 15) is 4.79 Å². The smallest absolute Gasteiger partial charge is 0.265 e. The Bertz CT molecular complexity index is 1150. The van der Waals surface area contributed by atoms with Crippen molar-refractivity contribution in [1.29, 1.82) is 0 Å². The summed E-state index contributed by atoms with van der Waals surface area (Å²) in [5.41, 5.74) is 5.47. The normalized spacial score (nSPS) is 15.4. The predicted octanol–water partition coefficient (Wildman–Crippen LogP) is 3.91. The van der Waals surface area contributed by atoms with Gasteiger partial charge in [-0.1, -0.05) is 6.07 Å². The fraction of sp³-hybridized carbons (Fsp3) is 0.250. The Hall–Kier alpha value is -3.16. The van der Waals surface area contributed by atoms with Gasteiger partial charge in [0.05, 0.1) is 29.6 Å². The van der Waals surface area contributed by atoms with Gasteiger partial charge in [-0.05, 0) is 59.5 Å². The van der Waals surface area contributed by atoms with E-state index in [1.165, 1.54) is 28.0 Å². The molecule has 1 aromatic carbocycles. The number of hydrogen-bond donors (Lipinski definition) is 2. The number of benzene rings is 1. The van der Waals surface area contributed by atoms with Gasteiger partial charge < -0.3 is 20.3 Å². The molecule has 2 N–H and O–H groups in total. The number of carbonyl (C=O) groups is 1. The fourth-order valence-corrected chi connectivity index (χ4v) is 4.99. The second-order valence-corrected chi connectivity index (χ2v) is 8.74. The van der Waals surface area contributed by atoms with Crippen LogP contribution in [-0.4, -0.2) is 44.2 Å². The Morgan fingerprint density at radius 2 is 2.06 bits per heavy atom. The molecule has 0 atom stereocenters. The molecule has 1 aliphatic carbocycles. The monoisotopic (exact) mass is 432 g/mol. The molecular weight excluding hydrogens is 408 g/mol. The van der Waals surface area contributed by atoms with E-state index in [1.807, 2.05) is 24.3 Å². The van der Waals surface area contributed by atoms with E-state index in [2.05, 4.69) is 38.7 Å². The third kappa shape index (κ3) is 4.06. The van der Waals surface area contributed by atoms with Crippen molar-refractivity contribution in [2.75, 3.05) is 43.5 Å². The number of nitrogens with zero attached hydrogens (tertiary/aromatic N) is 2. The van der Waals surface area contributed by atoms with Gasteiger partial charge in [0, 0.05) is 37.3 Å². The van der Waals surface area contributed by atoms with Crippen molar-refractivity contribution in [2.45, 2.75) is 6.42 Å². The van der Waals surface area contributed by atoms with E-state index in [1.54, 1.807) is 19.5 Å². The van der Waals surface area contributed by atoms with E-state index >= 15 is 0 Å². The summed E-state index contributed by atoms with van der Waals surface area (Å²) < 4.78 is 5.33. The Morgan fingerprint density at radius 3 is 2.90 bits per heavy atom. The fourth-order valence-electron chi connectivity index (χ4n) is 4.08. The molecule has 0 saturated carbocycles. The number of ether oxygens (including phenoxy) is 1. The summed E-state index contributed by atoms with van der Waals surface area (Å²) in [5.74, 6) is 0.762. The van der Waals surface area contributed by atoms with Gasteiger partial charge in [0.15, 0.2) is 0 Å². The summed E-state index contributed by atoms with van der Waals surface area (Å²) in [6, 6.07) is 12.1. The summed E-state index contributed by atoms with van der Waals surface area (Å²) in [6.45, 7) is 3.70. The molecule has 1 saturated heterocycles. The molecule has 2 aromatic heterocycles. The molecule has 5 rings (SSSR count). The number of hydrogen-bond acceptors (Lipinski definition) is 6. The highest BCUT2D eigenvalue weighted by molar-refractivity contribution is 7.15. The van der Waals surface area contributed by atoms with Crippen LogP contribution in [0.1, 0.15) is 25.7 Å². The Balaban J connectivity index is 1.33. The lowest BCUT2D eigenvalue weighted by Gasteiger charge is -2.30. The lowest BCUT2D eigenvalue weighted by molar-refractivity contribution is 0.103. The van der Waals surface area contributed by atoms with Gasteiger partial charge in [-0.25, -0.2) is 0 Å². The van der Waals surface area contributed by atoms with E-state index in [-0.39, 0.29) is 5.91 Å². The zero-order chi connectivity index (χ0) is 21.2. The van der Waals surface area contributed by atoms with Crippen molar-refractivity contribution in [3.8, 4) is 5.75 Å². The zero-order valence-corrected chi connectivity index (χ0v) is 18.2. The maximum Gasteiger partial charge on any atom is 0.265 e. The van der Waals surface area contributed by atoms with E-state index in [0.717, 1.165) is 54.6 Å². The quantitative estimate of drug-likeness (QED) is 0.640. The Labute approximate surface area is 185 Å². The predicted molar refractivity (Wildman–Crippen MR) is 126 cm³/mol. The third-order valence-electron chi connectivity index (χ3n) is 5.71. The van der Waals surface area contributed by atoms with Crippen molar-refractivity contribution in [2.24, 2.45) is 0 Å². The molecule has 6 nitrogen and oxygen atoms in total. The van der Waals surface area contributed by atoms with E-state index in [0.29, 0.717) is 4.88 Å². The highest BCUT2D eigenvalue weighted by atomic mass is 32.1. The number of allylic oxidation sites excluding steroid dienone is 1. The topological polar surface area (TPSA) is 66.5 Å². The number of piperazine rings is 1. The van der Waals surface area contributed by atoms with Gasteiger partial charge in [0.25, 0.3) is 5.91 Å². The Kier molecular flexibility index (Phi) is 5.44. The van der Waals surface area contributed by atoms with Crippen LogP contribution in [0.5, 0.6) is 5.75 Å².